The topological polar surface area (TPSA) is 33.1 Å². The molecule has 34 heavy (non-hydrogen) atoms. The van der Waals surface area contributed by atoms with Crippen LogP contribution < -0.4 is 10.2 Å². The Bertz CT molecular complexity index is 1360. The Hall–Kier alpha value is -3.44. The lowest BCUT2D eigenvalue weighted by Crippen LogP contribution is -2.29. The molecule has 0 aliphatic carbocycles. The number of hydrogen-bond donors (Lipinski definition) is 1. The third-order valence-electron chi connectivity index (χ3n) is 7.02. The quantitative estimate of drug-likeness (QED) is 0.344. The molecular weight excluding hydrogens is 436 g/mol. The Morgan fingerprint density at radius 1 is 0.882 bits per heavy atom. The number of aryl methyl sites for hydroxylation is 3. The number of thiocarbonyl (C=S) groups is 1. The number of pyridine rings is 1. The number of anilines is 1. The number of aromatic nitrogens is 2. The fourth-order valence-electron chi connectivity index (χ4n) is 5.09. The van der Waals surface area contributed by atoms with Gasteiger partial charge in [-0.1, -0.05) is 35.9 Å². The van der Waals surface area contributed by atoms with Crippen LogP contribution in [0, 0.1) is 34.6 Å². The van der Waals surface area contributed by atoms with Gasteiger partial charge >= 0.3 is 0 Å². The van der Waals surface area contributed by atoms with Gasteiger partial charge in [0.2, 0.25) is 0 Å². The van der Waals surface area contributed by atoms with E-state index in [9.17, 15) is 0 Å². The van der Waals surface area contributed by atoms with E-state index < -0.39 is 0 Å². The molecular formula is C29H30N4S. The highest BCUT2D eigenvalue weighted by Gasteiger charge is 2.42. The first-order valence-corrected chi connectivity index (χ1v) is 12.1. The van der Waals surface area contributed by atoms with E-state index in [0.29, 0.717) is 0 Å². The Labute approximate surface area is 207 Å². The van der Waals surface area contributed by atoms with E-state index in [1.54, 1.807) is 0 Å². The van der Waals surface area contributed by atoms with E-state index >= 15 is 0 Å². The summed E-state index contributed by atoms with van der Waals surface area (Å²) < 4.78 is 2.38. The molecule has 3 heterocycles. The fourth-order valence-corrected chi connectivity index (χ4v) is 5.44. The number of nitrogens with zero attached hydrogens (tertiary/aromatic N) is 3. The summed E-state index contributed by atoms with van der Waals surface area (Å²) in [5.41, 5.74) is 10.8. The van der Waals surface area contributed by atoms with Crippen LogP contribution in [0.25, 0.3) is 5.69 Å². The molecule has 0 bridgehead atoms. The molecule has 4 aromatic rings. The van der Waals surface area contributed by atoms with Crippen molar-refractivity contribution in [2.24, 2.45) is 0 Å². The van der Waals surface area contributed by atoms with Crippen LogP contribution in [-0.4, -0.2) is 14.7 Å². The molecule has 1 fully saturated rings. The molecule has 2 aromatic carbocycles. The molecule has 4 nitrogen and oxygen atoms in total. The van der Waals surface area contributed by atoms with Gasteiger partial charge < -0.3 is 14.8 Å². The summed E-state index contributed by atoms with van der Waals surface area (Å²) in [6.45, 7) is 10.9. The van der Waals surface area contributed by atoms with Crippen LogP contribution >= 0.6 is 12.2 Å². The molecule has 1 aliphatic rings. The number of hydrogen-bond acceptors (Lipinski definition) is 2. The second-order valence-electron chi connectivity index (χ2n) is 9.21. The Morgan fingerprint density at radius 3 is 2.35 bits per heavy atom. The average Bonchev–Trinajstić information content (AvgIpc) is 3.32. The van der Waals surface area contributed by atoms with Gasteiger partial charge in [0.25, 0.3) is 0 Å². The Morgan fingerprint density at radius 2 is 1.65 bits per heavy atom. The van der Waals surface area contributed by atoms with Crippen molar-refractivity contribution in [3.63, 3.8) is 0 Å². The predicted octanol–water partition coefficient (Wildman–Crippen LogP) is 6.59. The summed E-state index contributed by atoms with van der Waals surface area (Å²) in [6.07, 6.45) is 1.85. The van der Waals surface area contributed by atoms with Gasteiger partial charge in [0.15, 0.2) is 5.11 Å². The van der Waals surface area contributed by atoms with Crippen LogP contribution in [-0.2, 0) is 0 Å². The van der Waals surface area contributed by atoms with Gasteiger partial charge in [-0.15, -0.1) is 0 Å². The molecule has 1 N–H and O–H groups in total. The normalized spacial score (nSPS) is 17.8. The van der Waals surface area contributed by atoms with Crippen LogP contribution in [0.3, 0.4) is 0 Å². The maximum atomic E-state index is 5.90. The lowest BCUT2D eigenvalue weighted by atomic mass is 9.96. The van der Waals surface area contributed by atoms with Crippen molar-refractivity contribution in [2.45, 2.75) is 46.7 Å². The van der Waals surface area contributed by atoms with E-state index in [2.05, 4.69) is 104 Å². The monoisotopic (exact) mass is 466 g/mol. The molecule has 172 valence electrons. The summed E-state index contributed by atoms with van der Waals surface area (Å²) in [7, 11) is 0. The van der Waals surface area contributed by atoms with Crippen molar-refractivity contribution < 1.29 is 0 Å². The van der Waals surface area contributed by atoms with Crippen molar-refractivity contribution in [3.05, 3.63) is 112 Å². The SMILES string of the molecule is Cc1ccc(N2C(=S)N[C@@H](c3ccccn3)[C@@H]2c2cc(C)n(-c3cccc(C)c3C)c2C)cc1. The van der Waals surface area contributed by atoms with Gasteiger partial charge in [-0.2, -0.15) is 0 Å². The van der Waals surface area contributed by atoms with E-state index in [0.717, 1.165) is 16.5 Å². The summed E-state index contributed by atoms with van der Waals surface area (Å²) in [4.78, 5) is 6.95. The molecule has 5 heteroatoms. The number of benzene rings is 2. The first-order valence-electron chi connectivity index (χ1n) is 11.7. The first kappa shape index (κ1) is 22.4. The second kappa shape index (κ2) is 8.73. The van der Waals surface area contributed by atoms with Crippen LogP contribution in [0.15, 0.2) is 72.9 Å². The van der Waals surface area contributed by atoms with E-state index in [4.69, 9.17) is 17.2 Å². The lowest BCUT2D eigenvalue weighted by Gasteiger charge is -2.28. The molecule has 5 rings (SSSR count). The van der Waals surface area contributed by atoms with Gasteiger partial charge in [-0.3, -0.25) is 4.98 Å². The Kier molecular flexibility index (Phi) is 5.74. The van der Waals surface area contributed by atoms with Crippen LogP contribution in [0.5, 0.6) is 0 Å². The van der Waals surface area contributed by atoms with Crippen LogP contribution in [0.4, 0.5) is 5.69 Å². The highest BCUT2D eigenvalue weighted by Crippen LogP contribution is 2.44. The zero-order valence-corrected chi connectivity index (χ0v) is 21.1. The Balaban J connectivity index is 1.70. The van der Waals surface area contributed by atoms with Gasteiger partial charge in [0.05, 0.1) is 17.8 Å². The third-order valence-corrected chi connectivity index (χ3v) is 7.33. The number of rotatable bonds is 4. The molecule has 1 saturated heterocycles. The average molecular weight is 467 g/mol. The van der Waals surface area contributed by atoms with Gasteiger partial charge in [-0.25, -0.2) is 0 Å². The summed E-state index contributed by atoms with van der Waals surface area (Å²) in [5, 5.41) is 4.31. The van der Waals surface area contributed by atoms with Crippen LogP contribution in [0.2, 0.25) is 0 Å². The van der Waals surface area contributed by atoms with Gasteiger partial charge in [-0.05, 0) is 99.9 Å². The van der Waals surface area contributed by atoms with Crippen LogP contribution in [0.1, 0.15) is 51.4 Å². The highest BCUT2D eigenvalue weighted by molar-refractivity contribution is 7.80. The predicted molar refractivity (Wildman–Crippen MR) is 144 cm³/mol. The molecule has 1 aliphatic heterocycles. The molecule has 0 saturated carbocycles. The van der Waals surface area contributed by atoms with Crippen molar-refractivity contribution in [2.75, 3.05) is 4.90 Å². The summed E-state index contributed by atoms with van der Waals surface area (Å²) in [5.74, 6) is 0. The second-order valence-corrected chi connectivity index (χ2v) is 9.60. The van der Waals surface area contributed by atoms with Crippen molar-refractivity contribution in [1.82, 2.24) is 14.9 Å². The van der Waals surface area contributed by atoms with E-state index in [1.807, 2.05) is 18.3 Å². The molecule has 0 amide bonds. The summed E-state index contributed by atoms with van der Waals surface area (Å²) in [6, 6.07) is 23.4. The van der Waals surface area contributed by atoms with Crippen molar-refractivity contribution in [3.8, 4) is 5.69 Å². The minimum atomic E-state index is -0.0532. The maximum Gasteiger partial charge on any atom is 0.174 e. The highest BCUT2D eigenvalue weighted by atomic mass is 32.1. The standard InChI is InChI=1S/C29H30N4S/c1-18-12-14-23(15-13-18)33-28(27(31-29(33)34)25-10-6-7-16-30-25)24-17-20(3)32(22(24)5)26-11-8-9-19(2)21(26)4/h6-17,27-28H,1-5H3,(H,31,34)/t27-,28-/m0/s1. The molecule has 0 unspecified atom stereocenters. The third kappa shape index (κ3) is 3.70. The van der Waals surface area contributed by atoms with E-state index in [-0.39, 0.29) is 12.1 Å². The first-order chi connectivity index (χ1) is 16.4. The van der Waals surface area contributed by atoms with E-state index in [1.165, 1.54) is 39.3 Å². The molecule has 0 radical (unpaired) electrons. The number of nitrogens with one attached hydrogen (secondary N) is 1. The molecule has 0 spiro atoms. The van der Waals surface area contributed by atoms with Gasteiger partial charge in [0.1, 0.15) is 0 Å². The minimum absolute atomic E-state index is 0.0184. The van der Waals surface area contributed by atoms with Gasteiger partial charge in [0, 0.05) is 29.0 Å². The fraction of sp³-hybridized carbons (Fsp3) is 0.241. The molecule has 2 aromatic heterocycles. The van der Waals surface area contributed by atoms with Crippen molar-refractivity contribution in [1.29, 1.82) is 0 Å². The smallest absolute Gasteiger partial charge is 0.174 e. The lowest BCUT2D eigenvalue weighted by molar-refractivity contribution is 0.565. The minimum Gasteiger partial charge on any atom is -0.351 e. The summed E-state index contributed by atoms with van der Waals surface area (Å²) >= 11 is 5.90. The van der Waals surface area contributed by atoms with Crippen molar-refractivity contribution >= 4 is 23.0 Å². The zero-order chi connectivity index (χ0) is 24.0. The largest absolute Gasteiger partial charge is 0.351 e. The zero-order valence-electron chi connectivity index (χ0n) is 20.3. The molecule has 2 atom stereocenters. The maximum absolute atomic E-state index is 5.90.